The molecule has 8 rings (SSSR count). The van der Waals surface area contributed by atoms with Crippen LogP contribution < -0.4 is 5.73 Å². The van der Waals surface area contributed by atoms with Gasteiger partial charge in [0.2, 0.25) is 0 Å². The van der Waals surface area contributed by atoms with Crippen LogP contribution in [0.15, 0.2) is 145 Å². The second kappa shape index (κ2) is 10.6. The van der Waals surface area contributed by atoms with Gasteiger partial charge in [-0.05, 0) is 109 Å². The first-order valence-electron chi connectivity index (χ1n) is 15.3. The monoisotopic (exact) mass is 551 g/mol. The molecule has 1 heteroatoms. The van der Waals surface area contributed by atoms with Gasteiger partial charge in [0.05, 0.1) is 0 Å². The molecule has 2 aliphatic carbocycles. The van der Waals surface area contributed by atoms with Crippen molar-refractivity contribution in [3.05, 3.63) is 173 Å². The maximum absolute atomic E-state index is 6.73. The third-order valence-electron chi connectivity index (χ3n) is 9.28. The largest absolute Gasteiger partial charge is 0.402 e. The standard InChI is InChI=1S/C42H33N/c43-42-27-41-36-20-8-7-19-35(36)39-25-34(21-22-37(39)40(41)26-38(42)29-13-5-2-6-14-29)33-18-10-17-32(24-33)31-16-9-15-30(23-31)28-11-3-1-4-12-28/h1-8,10-14,16-25,27,38H,9,15,26,43H2. The highest BCUT2D eigenvalue weighted by Gasteiger charge is 2.25. The van der Waals surface area contributed by atoms with E-state index >= 15 is 0 Å². The molecule has 1 nitrogen and oxygen atoms in total. The molecule has 2 aliphatic rings. The summed E-state index contributed by atoms with van der Waals surface area (Å²) in [6, 6.07) is 46.3. The van der Waals surface area contributed by atoms with Gasteiger partial charge in [-0.15, -0.1) is 0 Å². The van der Waals surface area contributed by atoms with Gasteiger partial charge in [-0.3, -0.25) is 0 Å². The number of benzene rings is 6. The van der Waals surface area contributed by atoms with Crippen molar-refractivity contribution in [2.45, 2.75) is 25.2 Å². The fourth-order valence-corrected chi connectivity index (χ4v) is 7.10. The first-order valence-corrected chi connectivity index (χ1v) is 15.3. The van der Waals surface area contributed by atoms with Crippen molar-refractivity contribution in [2.75, 3.05) is 0 Å². The van der Waals surface area contributed by atoms with Crippen LogP contribution in [0.25, 0.3) is 49.9 Å². The van der Waals surface area contributed by atoms with Crippen LogP contribution in [-0.4, -0.2) is 0 Å². The van der Waals surface area contributed by atoms with Crippen molar-refractivity contribution in [3.8, 4) is 11.1 Å². The molecule has 0 aromatic heterocycles. The first kappa shape index (κ1) is 25.6. The molecule has 6 aromatic carbocycles. The number of hydrogen-bond donors (Lipinski definition) is 1. The summed E-state index contributed by atoms with van der Waals surface area (Å²) in [6.07, 6.45) is 10.0. The molecule has 0 amide bonds. The number of hydrogen-bond acceptors (Lipinski definition) is 1. The Balaban J connectivity index is 1.23. The zero-order valence-electron chi connectivity index (χ0n) is 24.1. The molecule has 6 aromatic rings. The summed E-state index contributed by atoms with van der Waals surface area (Å²) >= 11 is 0. The van der Waals surface area contributed by atoms with Crippen LogP contribution in [0.2, 0.25) is 0 Å². The molecule has 0 aliphatic heterocycles. The van der Waals surface area contributed by atoms with Crippen molar-refractivity contribution < 1.29 is 0 Å². The van der Waals surface area contributed by atoms with E-state index < -0.39 is 0 Å². The molecule has 0 spiro atoms. The van der Waals surface area contributed by atoms with E-state index in [-0.39, 0.29) is 5.92 Å². The summed E-state index contributed by atoms with van der Waals surface area (Å²) in [7, 11) is 0. The predicted molar refractivity (Wildman–Crippen MR) is 184 cm³/mol. The normalized spacial score (nSPS) is 16.4. The Morgan fingerprint density at radius 1 is 0.535 bits per heavy atom. The molecule has 206 valence electrons. The molecule has 0 bridgehead atoms. The summed E-state index contributed by atoms with van der Waals surface area (Å²) in [5.74, 6) is 0.187. The summed E-state index contributed by atoms with van der Waals surface area (Å²) < 4.78 is 0. The van der Waals surface area contributed by atoms with E-state index in [2.05, 4.69) is 146 Å². The lowest BCUT2D eigenvalue weighted by Crippen LogP contribution is -2.17. The molecule has 0 saturated heterocycles. The van der Waals surface area contributed by atoms with Crippen LogP contribution in [0.1, 0.15) is 46.6 Å². The van der Waals surface area contributed by atoms with Gasteiger partial charge in [0.15, 0.2) is 0 Å². The SMILES string of the molecule is NC1=Cc2c(c3ccc(-c4cccc(C5=CCCC(c6ccccc6)=C5)c4)cc3c3ccccc23)CC1c1ccccc1. The maximum atomic E-state index is 6.73. The van der Waals surface area contributed by atoms with E-state index in [9.17, 15) is 0 Å². The Morgan fingerprint density at radius 2 is 1.23 bits per heavy atom. The Morgan fingerprint density at radius 3 is 2.07 bits per heavy atom. The van der Waals surface area contributed by atoms with Gasteiger partial charge in [-0.25, -0.2) is 0 Å². The third kappa shape index (κ3) is 4.58. The lowest BCUT2D eigenvalue weighted by molar-refractivity contribution is 0.774. The van der Waals surface area contributed by atoms with Crippen LogP contribution in [0, 0.1) is 0 Å². The van der Waals surface area contributed by atoms with E-state index in [1.54, 1.807) is 0 Å². The number of nitrogens with two attached hydrogens (primary N) is 1. The van der Waals surface area contributed by atoms with E-state index in [0.29, 0.717) is 0 Å². The number of allylic oxidation sites excluding steroid dienone is 5. The third-order valence-corrected chi connectivity index (χ3v) is 9.28. The summed E-state index contributed by atoms with van der Waals surface area (Å²) in [5.41, 5.74) is 19.4. The lowest BCUT2D eigenvalue weighted by Gasteiger charge is -2.27. The quantitative estimate of drug-likeness (QED) is 0.217. The molecule has 1 unspecified atom stereocenters. The van der Waals surface area contributed by atoms with Crippen molar-refractivity contribution >= 4 is 38.8 Å². The van der Waals surface area contributed by atoms with Gasteiger partial charge in [0, 0.05) is 11.6 Å². The van der Waals surface area contributed by atoms with Crippen LogP contribution in [0.4, 0.5) is 0 Å². The van der Waals surface area contributed by atoms with Crippen molar-refractivity contribution in [1.29, 1.82) is 0 Å². The maximum Gasteiger partial charge on any atom is 0.0276 e. The average molecular weight is 552 g/mol. The summed E-state index contributed by atoms with van der Waals surface area (Å²) in [4.78, 5) is 0. The Kier molecular flexibility index (Phi) is 6.30. The molecule has 0 heterocycles. The fourth-order valence-electron chi connectivity index (χ4n) is 7.10. The van der Waals surface area contributed by atoms with Crippen molar-refractivity contribution in [3.63, 3.8) is 0 Å². The highest BCUT2D eigenvalue weighted by molar-refractivity contribution is 6.14. The van der Waals surface area contributed by atoms with Crippen LogP contribution in [0.5, 0.6) is 0 Å². The minimum Gasteiger partial charge on any atom is -0.402 e. The molecule has 0 saturated carbocycles. The smallest absolute Gasteiger partial charge is 0.0276 e. The lowest BCUT2D eigenvalue weighted by atomic mass is 9.78. The van der Waals surface area contributed by atoms with Crippen LogP contribution in [-0.2, 0) is 6.42 Å². The van der Waals surface area contributed by atoms with Gasteiger partial charge in [0.1, 0.15) is 0 Å². The predicted octanol–water partition coefficient (Wildman–Crippen LogP) is 10.6. The number of rotatable bonds is 4. The molecule has 0 fully saturated rings. The van der Waals surface area contributed by atoms with Gasteiger partial charge >= 0.3 is 0 Å². The van der Waals surface area contributed by atoms with Crippen LogP contribution in [0.3, 0.4) is 0 Å². The molecule has 43 heavy (non-hydrogen) atoms. The zero-order chi connectivity index (χ0) is 28.8. The van der Waals surface area contributed by atoms with Crippen molar-refractivity contribution in [2.24, 2.45) is 5.73 Å². The van der Waals surface area contributed by atoms with E-state index in [1.807, 2.05) is 0 Å². The van der Waals surface area contributed by atoms with Gasteiger partial charge in [0.25, 0.3) is 0 Å². The molecule has 2 N–H and O–H groups in total. The van der Waals surface area contributed by atoms with Crippen molar-refractivity contribution in [1.82, 2.24) is 0 Å². The Hall–Kier alpha value is -5.14. The minimum absolute atomic E-state index is 0.187. The number of fused-ring (bicyclic) bond motifs is 6. The minimum atomic E-state index is 0.187. The fraction of sp³-hybridized carbons (Fsp3) is 0.0952. The highest BCUT2D eigenvalue weighted by Crippen LogP contribution is 2.43. The van der Waals surface area contributed by atoms with E-state index in [4.69, 9.17) is 5.73 Å². The summed E-state index contributed by atoms with van der Waals surface area (Å²) in [5, 5.41) is 5.18. The molecule has 0 radical (unpaired) electrons. The highest BCUT2D eigenvalue weighted by atomic mass is 14.6. The van der Waals surface area contributed by atoms with Crippen LogP contribution >= 0.6 is 0 Å². The molecular formula is C42H33N. The van der Waals surface area contributed by atoms with Gasteiger partial charge in [-0.1, -0.05) is 127 Å². The summed E-state index contributed by atoms with van der Waals surface area (Å²) in [6.45, 7) is 0. The van der Waals surface area contributed by atoms with E-state index in [1.165, 1.54) is 71.6 Å². The average Bonchev–Trinajstić information content (AvgIpc) is 3.09. The molecule has 1 atom stereocenters. The second-order valence-electron chi connectivity index (χ2n) is 11.8. The second-order valence-corrected chi connectivity index (χ2v) is 11.8. The van der Waals surface area contributed by atoms with Gasteiger partial charge < -0.3 is 5.73 Å². The topological polar surface area (TPSA) is 26.0 Å². The Labute approximate surface area is 253 Å². The molecular weight excluding hydrogens is 518 g/mol. The van der Waals surface area contributed by atoms with Gasteiger partial charge in [-0.2, -0.15) is 0 Å². The Bertz CT molecular complexity index is 2090. The van der Waals surface area contributed by atoms with E-state index in [0.717, 1.165) is 25.0 Å². The first-order chi connectivity index (χ1) is 21.2. The zero-order valence-corrected chi connectivity index (χ0v) is 24.1.